The number of rotatable bonds is 6. The van der Waals surface area contributed by atoms with Crippen LogP contribution >= 0.6 is 0 Å². The van der Waals surface area contributed by atoms with Crippen molar-refractivity contribution in [1.82, 2.24) is 9.55 Å². The van der Waals surface area contributed by atoms with Crippen molar-refractivity contribution in [1.29, 1.82) is 0 Å². The average Bonchev–Trinajstić information content (AvgIpc) is 3.78. The SMILES string of the molecule is CC(C)(C)c1cc(Oc2[c-]c3c(cc2)c2ccc(C(C)(C)C)cc2n3-c2cc(C(C)(C)C)ccn2)[c-]c(N2[CH-]N(c3cc(-c4ccccc4)cc(C(C)(C)C)c3)c3ccccc32)c1.[Pt]. The summed E-state index contributed by atoms with van der Waals surface area (Å²) in [7, 11) is 0. The second kappa shape index (κ2) is 16.4. The molecule has 0 unspecified atom stereocenters. The zero-order valence-corrected chi connectivity index (χ0v) is 41.6. The summed E-state index contributed by atoms with van der Waals surface area (Å²) in [5.41, 5.74) is 13.2. The molecule has 64 heavy (non-hydrogen) atoms. The second-order valence-electron chi connectivity index (χ2n) is 21.3. The molecule has 0 amide bonds. The third-order valence-corrected chi connectivity index (χ3v) is 12.3. The molecule has 9 rings (SSSR count). The van der Waals surface area contributed by atoms with Crippen molar-refractivity contribution >= 4 is 44.6 Å². The van der Waals surface area contributed by atoms with Crippen molar-refractivity contribution in [3.05, 3.63) is 175 Å². The fourth-order valence-corrected chi connectivity index (χ4v) is 8.45. The number of pyridine rings is 1. The summed E-state index contributed by atoms with van der Waals surface area (Å²) < 4.78 is 9.14. The van der Waals surface area contributed by atoms with Gasteiger partial charge in [0, 0.05) is 61.3 Å². The van der Waals surface area contributed by atoms with Crippen LogP contribution in [0, 0.1) is 18.8 Å². The standard InChI is InChI=1S/C58H59N4O.Pt/c1-55(2,3)40-22-24-48-49-25-23-46(36-53(49)62(52(48)33-40)54-34-41(26-27-59-54)56(4,5)6)63-47-32-43(58(10,11)12)31-45(35-47)61-37-60(50-20-16-17-21-51(50)61)44-29-39(38-18-14-13-15-19-38)28-42(30-44)57(7,8)9;/h13-34,37H,1-12H3;/q-3;. The Morgan fingerprint density at radius 2 is 1.11 bits per heavy atom. The Bertz CT molecular complexity index is 3010. The largest absolute Gasteiger partial charge is 0.509 e. The van der Waals surface area contributed by atoms with Crippen molar-refractivity contribution in [2.75, 3.05) is 9.80 Å². The van der Waals surface area contributed by atoms with Gasteiger partial charge in [0.1, 0.15) is 5.82 Å². The summed E-state index contributed by atoms with van der Waals surface area (Å²) in [6, 6.07) is 53.4. The van der Waals surface area contributed by atoms with Gasteiger partial charge in [-0.3, -0.25) is 0 Å². The summed E-state index contributed by atoms with van der Waals surface area (Å²) in [6.07, 6.45) is 1.92. The summed E-state index contributed by atoms with van der Waals surface area (Å²) >= 11 is 0. The smallest absolute Gasteiger partial charge is 0.135 e. The quantitative estimate of drug-likeness (QED) is 0.155. The van der Waals surface area contributed by atoms with Crippen LogP contribution in [0.25, 0.3) is 38.8 Å². The molecule has 0 saturated heterocycles. The molecular weight excluding hydrogens is 964 g/mol. The Labute approximate surface area is 395 Å². The predicted octanol–water partition coefficient (Wildman–Crippen LogP) is 15.8. The second-order valence-corrected chi connectivity index (χ2v) is 21.3. The summed E-state index contributed by atoms with van der Waals surface area (Å²) in [5.74, 6) is 2.11. The van der Waals surface area contributed by atoms with Crippen LogP contribution in [0.4, 0.5) is 22.7 Å². The molecule has 0 atom stereocenters. The third kappa shape index (κ3) is 8.64. The molecule has 8 aromatic rings. The van der Waals surface area contributed by atoms with Gasteiger partial charge in [0.2, 0.25) is 0 Å². The van der Waals surface area contributed by atoms with E-state index < -0.39 is 0 Å². The van der Waals surface area contributed by atoms with E-state index in [9.17, 15) is 0 Å². The van der Waals surface area contributed by atoms with Gasteiger partial charge in [-0.1, -0.05) is 149 Å². The van der Waals surface area contributed by atoms with Crippen LogP contribution in [0.3, 0.4) is 0 Å². The zero-order chi connectivity index (χ0) is 44.6. The molecule has 1 aliphatic rings. The summed E-state index contributed by atoms with van der Waals surface area (Å²) in [6.45, 7) is 29.3. The first kappa shape index (κ1) is 44.9. The maximum atomic E-state index is 6.88. The monoisotopic (exact) mass is 1020 g/mol. The summed E-state index contributed by atoms with van der Waals surface area (Å²) in [5, 5.41) is 2.26. The molecule has 0 fully saturated rings. The first-order valence-corrected chi connectivity index (χ1v) is 22.2. The van der Waals surface area contributed by atoms with Gasteiger partial charge in [-0.25, -0.2) is 4.98 Å². The Morgan fingerprint density at radius 3 is 1.78 bits per heavy atom. The normalized spacial score (nSPS) is 13.4. The molecule has 330 valence electrons. The topological polar surface area (TPSA) is 33.5 Å². The van der Waals surface area contributed by atoms with Crippen LogP contribution in [-0.2, 0) is 42.7 Å². The minimum Gasteiger partial charge on any atom is -0.509 e. The number of benzene rings is 6. The van der Waals surface area contributed by atoms with Crippen LogP contribution in [0.1, 0.15) is 105 Å². The van der Waals surface area contributed by atoms with E-state index in [4.69, 9.17) is 9.72 Å². The van der Waals surface area contributed by atoms with Crippen LogP contribution in [0.5, 0.6) is 11.5 Å². The zero-order valence-electron chi connectivity index (χ0n) is 39.3. The van der Waals surface area contributed by atoms with Crippen molar-refractivity contribution in [2.24, 2.45) is 0 Å². The van der Waals surface area contributed by atoms with E-state index in [0.717, 1.165) is 55.9 Å². The molecule has 6 aromatic carbocycles. The molecule has 1 aliphatic heterocycles. The molecule has 0 aliphatic carbocycles. The molecule has 0 bridgehead atoms. The number of hydrogen-bond donors (Lipinski definition) is 0. The molecule has 0 saturated carbocycles. The van der Waals surface area contributed by atoms with Gasteiger partial charge in [0.05, 0.1) is 0 Å². The van der Waals surface area contributed by atoms with Crippen molar-refractivity contribution in [3.8, 4) is 28.4 Å². The van der Waals surface area contributed by atoms with Crippen LogP contribution in [0.2, 0.25) is 0 Å². The Morgan fingerprint density at radius 1 is 0.500 bits per heavy atom. The number of anilines is 4. The van der Waals surface area contributed by atoms with Gasteiger partial charge in [-0.2, -0.15) is 6.07 Å². The summed E-state index contributed by atoms with van der Waals surface area (Å²) in [4.78, 5) is 9.52. The Hall–Kier alpha value is -5.64. The van der Waals surface area contributed by atoms with Gasteiger partial charge < -0.3 is 19.1 Å². The van der Waals surface area contributed by atoms with E-state index in [2.05, 4.69) is 238 Å². The van der Waals surface area contributed by atoms with E-state index in [1.807, 2.05) is 12.3 Å². The predicted molar refractivity (Wildman–Crippen MR) is 264 cm³/mol. The van der Waals surface area contributed by atoms with E-state index in [0.29, 0.717) is 11.5 Å². The van der Waals surface area contributed by atoms with E-state index in [1.54, 1.807) is 0 Å². The fourth-order valence-electron chi connectivity index (χ4n) is 8.45. The Balaban J connectivity index is 0.00000560. The van der Waals surface area contributed by atoms with E-state index in [-0.39, 0.29) is 42.7 Å². The number of aromatic nitrogens is 2. The van der Waals surface area contributed by atoms with Crippen LogP contribution < -0.4 is 14.5 Å². The van der Waals surface area contributed by atoms with Crippen LogP contribution in [0.15, 0.2) is 134 Å². The maximum absolute atomic E-state index is 6.88. The van der Waals surface area contributed by atoms with Gasteiger partial charge in [-0.05, 0) is 97.3 Å². The van der Waals surface area contributed by atoms with Gasteiger partial charge in [0.15, 0.2) is 0 Å². The fraction of sp³-hybridized carbons (Fsp3) is 0.276. The number of fused-ring (bicyclic) bond motifs is 4. The molecule has 5 nitrogen and oxygen atoms in total. The number of para-hydroxylation sites is 2. The molecule has 2 aromatic heterocycles. The molecule has 6 heteroatoms. The van der Waals surface area contributed by atoms with Crippen molar-refractivity contribution in [3.63, 3.8) is 0 Å². The van der Waals surface area contributed by atoms with Gasteiger partial charge in [0.25, 0.3) is 0 Å². The molecule has 0 N–H and O–H groups in total. The van der Waals surface area contributed by atoms with Crippen molar-refractivity contribution in [2.45, 2.75) is 105 Å². The number of ether oxygens (including phenoxy) is 1. The van der Waals surface area contributed by atoms with Crippen molar-refractivity contribution < 1.29 is 25.8 Å². The van der Waals surface area contributed by atoms with E-state index >= 15 is 0 Å². The average molecular weight is 1020 g/mol. The Kier molecular flexibility index (Phi) is 11.5. The third-order valence-electron chi connectivity index (χ3n) is 12.3. The molecule has 3 heterocycles. The minimum absolute atomic E-state index is 0. The molecule has 0 spiro atoms. The first-order chi connectivity index (χ1) is 29.7. The molecule has 0 radical (unpaired) electrons. The van der Waals surface area contributed by atoms with Crippen LogP contribution in [-0.4, -0.2) is 9.55 Å². The minimum atomic E-state index is -0.166. The van der Waals surface area contributed by atoms with Gasteiger partial charge in [-0.15, -0.1) is 53.6 Å². The first-order valence-electron chi connectivity index (χ1n) is 22.2. The maximum Gasteiger partial charge on any atom is 0.135 e. The van der Waals surface area contributed by atoms with E-state index in [1.165, 1.54) is 27.8 Å². The number of hydrogen-bond acceptors (Lipinski definition) is 4. The molecular formula is C58H59N4OPt-3. The van der Waals surface area contributed by atoms with Gasteiger partial charge >= 0.3 is 0 Å². The number of nitrogens with zero attached hydrogens (tertiary/aromatic N) is 4.